The molecular formula is C12H11N3O3. The van der Waals surface area contributed by atoms with Gasteiger partial charge in [0.05, 0.1) is 11.9 Å². The first-order chi connectivity index (χ1) is 8.61. The summed E-state index contributed by atoms with van der Waals surface area (Å²) in [6.45, 7) is 1.77. The standard InChI is InChI=1S/C12H11N3O3/c1-2-11(16)9-4-3-8(7-13-9)15-6-5-10(14-15)12(17)18/h3-7H,2H2,1H3,(H,17,18). The second-order valence-corrected chi connectivity index (χ2v) is 3.63. The van der Waals surface area contributed by atoms with Crippen LogP contribution in [0.1, 0.15) is 34.3 Å². The van der Waals surface area contributed by atoms with E-state index < -0.39 is 5.97 Å². The zero-order valence-electron chi connectivity index (χ0n) is 9.70. The fourth-order valence-electron chi connectivity index (χ4n) is 1.45. The van der Waals surface area contributed by atoms with E-state index in [0.29, 0.717) is 17.8 Å². The van der Waals surface area contributed by atoms with Gasteiger partial charge in [-0.25, -0.2) is 9.48 Å². The molecule has 0 atom stereocenters. The fourth-order valence-corrected chi connectivity index (χ4v) is 1.45. The Labute approximate surface area is 103 Å². The quantitative estimate of drug-likeness (QED) is 0.826. The van der Waals surface area contributed by atoms with Crippen molar-refractivity contribution in [1.29, 1.82) is 0 Å². The molecule has 6 heteroatoms. The van der Waals surface area contributed by atoms with E-state index in [0.717, 1.165) is 0 Å². The van der Waals surface area contributed by atoms with Gasteiger partial charge in [0.1, 0.15) is 5.69 Å². The van der Waals surface area contributed by atoms with Gasteiger partial charge in [-0.2, -0.15) is 5.10 Å². The van der Waals surface area contributed by atoms with Crippen molar-refractivity contribution in [1.82, 2.24) is 14.8 Å². The van der Waals surface area contributed by atoms with Crippen molar-refractivity contribution in [3.8, 4) is 5.69 Å². The van der Waals surface area contributed by atoms with Crippen molar-refractivity contribution in [2.75, 3.05) is 0 Å². The van der Waals surface area contributed by atoms with E-state index >= 15 is 0 Å². The molecule has 2 heterocycles. The van der Waals surface area contributed by atoms with Gasteiger partial charge in [-0.3, -0.25) is 9.78 Å². The van der Waals surface area contributed by atoms with Gasteiger partial charge in [-0.1, -0.05) is 6.92 Å². The number of carbonyl (C=O) groups is 2. The van der Waals surface area contributed by atoms with Crippen LogP contribution in [-0.4, -0.2) is 31.6 Å². The summed E-state index contributed by atoms with van der Waals surface area (Å²) in [7, 11) is 0. The van der Waals surface area contributed by atoms with E-state index in [1.807, 2.05) is 0 Å². The molecule has 18 heavy (non-hydrogen) atoms. The smallest absolute Gasteiger partial charge is 0.356 e. The molecule has 2 aromatic rings. The van der Waals surface area contributed by atoms with Crippen LogP contribution in [0, 0.1) is 0 Å². The number of hydrogen-bond donors (Lipinski definition) is 1. The molecule has 0 unspecified atom stereocenters. The summed E-state index contributed by atoms with van der Waals surface area (Å²) in [6.07, 6.45) is 3.42. The zero-order valence-corrected chi connectivity index (χ0v) is 9.70. The number of aromatic nitrogens is 3. The average molecular weight is 245 g/mol. The summed E-state index contributed by atoms with van der Waals surface area (Å²) in [5.41, 5.74) is 0.964. The summed E-state index contributed by atoms with van der Waals surface area (Å²) < 4.78 is 1.40. The Morgan fingerprint density at radius 1 is 1.28 bits per heavy atom. The van der Waals surface area contributed by atoms with Crippen molar-refractivity contribution in [2.24, 2.45) is 0 Å². The summed E-state index contributed by atoms with van der Waals surface area (Å²) in [4.78, 5) is 26.1. The van der Waals surface area contributed by atoms with Crippen LogP contribution < -0.4 is 0 Å². The molecule has 0 aliphatic carbocycles. The van der Waals surface area contributed by atoms with Crippen molar-refractivity contribution >= 4 is 11.8 Å². The normalized spacial score (nSPS) is 10.3. The first kappa shape index (κ1) is 12.0. The van der Waals surface area contributed by atoms with Gasteiger partial charge < -0.3 is 5.11 Å². The Morgan fingerprint density at radius 3 is 2.56 bits per heavy atom. The molecule has 0 radical (unpaired) electrons. The van der Waals surface area contributed by atoms with Crippen molar-refractivity contribution in [3.63, 3.8) is 0 Å². The van der Waals surface area contributed by atoms with E-state index in [9.17, 15) is 9.59 Å². The Balaban J connectivity index is 2.28. The van der Waals surface area contributed by atoms with E-state index in [1.165, 1.54) is 23.1 Å². The van der Waals surface area contributed by atoms with Gasteiger partial charge in [0.15, 0.2) is 11.5 Å². The third kappa shape index (κ3) is 2.27. The summed E-state index contributed by atoms with van der Waals surface area (Å²) >= 11 is 0. The van der Waals surface area contributed by atoms with Gasteiger partial charge in [0, 0.05) is 12.6 Å². The van der Waals surface area contributed by atoms with Crippen LogP contribution in [-0.2, 0) is 0 Å². The molecule has 2 aromatic heterocycles. The van der Waals surface area contributed by atoms with E-state index in [-0.39, 0.29) is 11.5 Å². The number of nitrogens with zero attached hydrogens (tertiary/aromatic N) is 3. The van der Waals surface area contributed by atoms with Crippen molar-refractivity contribution in [2.45, 2.75) is 13.3 Å². The highest BCUT2D eigenvalue weighted by molar-refractivity contribution is 5.94. The lowest BCUT2D eigenvalue weighted by Crippen LogP contribution is -2.04. The lowest BCUT2D eigenvalue weighted by Gasteiger charge is -2.01. The monoisotopic (exact) mass is 245 g/mol. The maximum Gasteiger partial charge on any atom is 0.356 e. The molecule has 0 aliphatic rings. The number of hydrogen-bond acceptors (Lipinski definition) is 4. The third-order valence-corrected chi connectivity index (χ3v) is 2.43. The topological polar surface area (TPSA) is 85.1 Å². The summed E-state index contributed by atoms with van der Waals surface area (Å²) in [5.74, 6) is -1.12. The van der Waals surface area contributed by atoms with Gasteiger partial charge in [0.25, 0.3) is 0 Å². The first-order valence-corrected chi connectivity index (χ1v) is 5.40. The second kappa shape index (κ2) is 4.79. The van der Waals surface area contributed by atoms with Crippen LogP contribution >= 0.6 is 0 Å². The molecule has 0 spiro atoms. The molecule has 0 saturated heterocycles. The molecule has 2 rings (SSSR count). The van der Waals surface area contributed by atoms with Gasteiger partial charge in [-0.05, 0) is 18.2 Å². The lowest BCUT2D eigenvalue weighted by atomic mass is 10.2. The number of Topliss-reactive ketones (excluding diaryl/α,β-unsaturated/α-hetero) is 1. The Hall–Kier alpha value is -2.50. The molecule has 0 saturated carbocycles. The average Bonchev–Trinajstić information content (AvgIpc) is 2.88. The van der Waals surface area contributed by atoms with Gasteiger partial charge >= 0.3 is 5.97 Å². The van der Waals surface area contributed by atoms with Crippen LogP contribution in [0.2, 0.25) is 0 Å². The second-order valence-electron chi connectivity index (χ2n) is 3.63. The SMILES string of the molecule is CCC(=O)c1ccc(-n2ccc(C(=O)O)n2)cn1. The minimum atomic E-state index is -1.08. The van der Waals surface area contributed by atoms with Crippen LogP contribution in [0.3, 0.4) is 0 Å². The Kier molecular flexibility index (Phi) is 3.18. The molecule has 0 aromatic carbocycles. The first-order valence-electron chi connectivity index (χ1n) is 5.40. The molecule has 0 fully saturated rings. The highest BCUT2D eigenvalue weighted by Gasteiger charge is 2.09. The summed E-state index contributed by atoms with van der Waals surface area (Å²) in [5, 5.41) is 12.6. The number of rotatable bonds is 4. The van der Waals surface area contributed by atoms with Crippen LogP contribution in [0.5, 0.6) is 0 Å². The molecule has 0 aliphatic heterocycles. The highest BCUT2D eigenvalue weighted by atomic mass is 16.4. The van der Waals surface area contributed by atoms with Crippen LogP contribution in [0.25, 0.3) is 5.69 Å². The minimum Gasteiger partial charge on any atom is -0.476 e. The molecule has 92 valence electrons. The molecular weight excluding hydrogens is 234 g/mol. The third-order valence-electron chi connectivity index (χ3n) is 2.43. The number of aromatic carboxylic acids is 1. The molecule has 0 bridgehead atoms. The van der Waals surface area contributed by atoms with Gasteiger partial charge in [0.2, 0.25) is 0 Å². The maximum atomic E-state index is 11.4. The fraction of sp³-hybridized carbons (Fsp3) is 0.167. The minimum absolute atomic E-state index is 0.0340. The Bertz CT molecular complexity index is 587. The van der Waals surface area contributed by atoms with Crippen molar-refractivity contribution in [3.05, 3.63) is 42.0 Å². The van der Waals surface area contributed by atoms with Gasteiger partial charge in [-0.15, -0.1) is 0 Å². The number of pyridine rings is 1. The summed E-state index contributed by atoms with van der Waals surface area (Å²) in [6, 6.07) is 4.67. The zero-order chi connectivity index (χ0) is 13.1. The van der Waals surface area contributed by atoms with Crippen LogP contribution in [0.15, 0.2) is 30.6 Å². The van der Waals surface area contributed by atoms with E-state index in [4.69, 9.17) is 5.11 Å². The predicted molar refractivity (Wildman–Crippen MR) is 62.9 cm³/mol. The number of carbonyl (C=O) groups excluding carboxylic acids is 1. The van der Waals surface area contributed by atoms with Crippen molar-refractivity contribution < 1.29 is 14.7 Å². The molecule has 0 amide bonds. The largest absolute Gasteiger partial charge is 0.476 e. The predicted octanol–water partition coefficient (Wildman–Crippen LogP) is 1.56. The van der Waals surface area contributed by atoms with Crippen LogP contribution in [0.4, 0.5) is 0 Å². The highest BCUT2D eigenvalue weighted by Crippen LogP contribution is 2.08. The number of carboxylic acids is 1. The van der Waals surface area contributed by atoms with E-state index in [1.54, 1.807) is 19.1 Å². The number of ketones is 1. The lowest BCUT2D eigenvalue weighted by molar-refractivity contribution is 0.0689. The van der Waals surface area contributed by atoms with E-state index in [2.05, 4.69) is 10.1 Å². The Morgan fingerprint density at radius 2 is 2.06 bits per heavy atom. The maximum absolute atomic E-state index is 11.4. The molecule has 6 nitrogen and oxygen atoms in total. The molecule has 1 N–H and O–H groups in total. The number of carboxylic acid groups (broad SMARTS) is 1.